The Bertz CT molecular complexity index is 609. The van der Waals surface area contributed by atoms with Crippen molar-refractivity contribution in [3.05, 3.63) is 69.9 Å². The first-order valence-electron chi connectivity index (χ1n) is 9.83. The van der Waals surface area contributed by atoms with Gasteiger partial charge in [-0.05, 0) is 80.1 Å². The maximum Gasteiger partial charge on any atom is 0.185 e. The summed E-state index contributed by atoms with van der Waals surface area (Å²) in [7, 11) is 0. The summed E-state index contributed by atoms with van der Waals surface area (Å²) in [6.45, 7) is 12.8. The standard InChI is InChI=1S/C25H36O/c1-19(2)9-7-11-21(5)13-15-23-17-18-24(25(23)26)16-14-22(6)12-8-10-20(3)4/h9-10,13-16H,7-8,11-12,17-18H2,1-6H3. The molecule has 0 bridgehead atoms. The van der Waals surface area contributed by atoms with Gasteiger partial charge < -0.3 is 0 Å². The summed E-state index contributed by atoms with van der Waals surface area (Å²) < 4.78 is 0. The molecule has 0 spiro atoms. The summed E-state index contributed by atoms with van der Waals surface area (Å²) in [5.41, 5.74) is 7.29. The Morgan fingerprint density at radius 1 is 0.731 bits per heavy atom. The third kappa shape index (κ3) is 8.99. The number of ketones is 1. The summed E-state index contributed by atoms with van der Waals surface area (Å²) in [6.07, 6.45) is 18.8. The Morgan fingerprint density at radius 2 is 1.12 bits per heavy atom. The normalized spacial score (nSPS) is 18.6. The lowest BCUT2D eigenvalue weighted by molar-refractivity contribution is -0.111. The number of carbonyl (C=O) groups is 1. The largest absolute Gasteiger partial charge is 0.289 e. The number of carbonyl (C=O) groups excluding carboxylic acids is 1. The van der Waals surface area contributed by atoms with E-state index in [0.717, 1.165) is 49.7 Å². The minimum Gasteiger partial charge on any atom is -0.289 e. The lowest BCUT2D eigenvalue weighted by atomic mass is 10.1. The van der Waals surface area contributed by atoms with E-state index in [1.165, 1.54) is 22.3 Å². The fraction of sp³-hybridized carbons (Fsp3) is 0.480. The molecule has 0 aromatic carbocycles. The van der Waals surface area contributed by atoms with E-state index in [-0.39, 0.29) is 5.78 Å². The van der Waals surface area contributed by atoms with Crippen LogP contribution in [0, 0.1) is 0 Å². The van der Waals surface area contributed by atoms with Gasteiger partial charge in [0.1, 0.15) is 0 Å². The summed E-state index contributed by atoms with van der Waals surface area (Å²) >= 11 is 0. The van der Waals surface area contributed by atoms with Crippen LogP contribution in [0.5, 0.6) is 0 Å². The van der Waals surface area contributed by atoms with Crippen molar-refractivity contribution in [1.82, 2.24) is 0 Å². The zero-order valence-corrected chi connectivity index (χ0v) is 17.6. The summed E-state index contributed by atoms with van der Waals surface area (Å²) in [5.74, 6) is 0.228. The predicted molar refractivity (Wildman–Crippen MR) is 115 cm³/mol. The number of allylic oxidation sites excluding steroid dienone is 12. The Labute approximate surface area is 161 Å². The molecule has 142 valence electrons. The number of Topliss-reactive ketones (excluding diaryl/α,β-unsaturated/α-hetero) is 1. The minimum absolute atomic E-state index is 0.228. The topological polar surface area (TPSA) is 17.1 Å². The molecule has 1 aliphatic rings. The first kappa shape index (κ1) is 22.2. The van der Waals surface area contributed by atoms with Crippen LogP contribution in [0.2, 0.25) is 0 Å². The van der Waals surface area contributed by atoms with Gasteiger partial charge in [0.25, 0.3) is 0 Å². The molecule has 1 rings (SSSR count). The molecule has 0 atom stereocenters. The Hall–Kier alpha value is -1.89. The van der Waals surface area contributed by atoms with E-state index in [4.69, 9.17) is 0 Å². The monoisotopic (exact) mass is 352 g/mol. The molecule has 0 radical (unpaired) electrons. The molecule has 1 heteroatoms. The quantitative estimate of drug-likeness (QED) is 0.325. The van der Waals surface area contributed by atoms with Crippen LogP contribution in [0.25, 0.3) is 0 Å². The maximum atomic E-state index is 12.5. The first-order valence-corrected chi connectivity index (χ1v) is 9.83. The molecule has 0 aliphatic heterocycles. The smallest absolute Gasteiger partial charge is 0.185 e. The van der Waals surface area contributed by atoms with Crippen molar-refractivity contribution in [1.29, 1.82) is 0 Å². The van der Waals surface area contributed by atoms with Crippen LogP contribution in [0.15, 0.2) is 69.9 Å². The van der Waals surface area contributed by atoms with Crippen molar-refractivity contribution >= 4 is 5.78 Å². The van der Waals surface area contributed by atoms with Crippen LogP contribution in [-0.4, -0.2) is 5.78 Å². The van der Waals surface area contributed by atoms with Crippen LogP contribution in [0.3, 0.4) is 0 Å². The highest BCUT2D eigenvalue weighted by atomic mass is 16.1. The highest BCUT2D eigenvalue weighted by Crippen LogP contribution is 2.27. The predicted octanol–water partition coefficient (Wildman–Crippen LogP) is 7.59. The van der Waals surface area contributed by atoms with Gasteiger partial charge in [-0.15, -0.1) is 0 Å². The fourth-order valence-corrected chi connectivity index (χ4v) is 2.85. The molecule has 0 aromatic rings. The zero-order chi connectivity index (χ0) is 19.5. The molecule has 1 fully saturated rings. The third-order valence-electron chi connectivity index (χ3n) is 4.57. The molecule has 1 saturated carbocycles. The van der Waals surface area contributed by atoms with Crippen LogP contribution < -0.4 is 0 Å². The lowest BCUT2D eigenvalue weighted by Crippen LogP contribution is -1.95. The Morgan fingerprint density at radius 3 is 1.46 bits per heavy atom. The van der Waals surface area contributed by atoms with Gasteiger partial charge >= 0.3 is 0 Å². The van der Waals surface area contributed by atoms with Crippen molar-refractivity contribution in [3.8, 4) is 0 Å². The van der Waals surface area contributed by atoms with Gasteiger partial charge in [-0.2, -0.15) is 0 Å². The molecular weight excluding hydrogens is 316 g/mol. The maximum absolute atomic E-state index is 12.5. The highest BCUT2D eigenvalue weighted by molar-refractivity contribution is 6.11. The van der Waals surface area contributed by atoms with E-state index in [9.17, 15) is 4.79 Å². The van der Waals surface area contributed by atoms with Gasteiger partial charge in [0, 0.05) is 11.1 Å². The second kappa shape index (κ2) is 11.7. The van der Waals surface area contributed by atoms with Crippen molar-refractivity contribution in [2.75, 3.05) is 0 Å². The second-order valence-electron chi connectivity index (χ2n) is 7.88. The average molecular weight is 353 g/mol. The highest BCUT2D eigenvalue weighted by Gasteiger charge is 2.21. The zero-order valence-electron chi connectivity index (χ0n) is 17.6. The van der Waals surface area contributed by atoms with Crippen molar-refractivity contribution in [2.24, 2.45) is 0 Å². The minimum atomic E-state index is 0.228. The van der Waals surface area contributed by atoms with Crippen molar-refractivity contribution in [3.63, 3.8) is 0 Å². The molecular formula is C25H36O. The molecule has 26 heavy (non-hydrogen) atoms. The van der Waals surface area contributed by atoms with E-state index in [1.807, 2.05) is 12.2 Å². The van der Waals surface area contributed by atoms with Gasteiger partial charge in [0.15, 0.2) is 5.78 Å². The van der Waals surface area contributed by atoms with E-state index >= 15 is 0 Å². The van der Waals surface area contributed by atoms with Crippen LogP contribution in [0.4, 0.5) is 0 Å². The average Bonchev–Trinajstić information content (AvgIpc) is 2.90. The summed E-state index contributed by atoms with van der Waals surface area (Å²) in [6, 6.07) is 0. The molecule has 0 amide bonds. The lowest BCUT2D eigenvalue weighted by Gasteiger charge is -1.98. The summed E-state index contributed by atoms with van der Waals surface area (Å²) in [4.78, 5) is 12.5. The van der Waals surface area contributed by atoms with Gasteiger partial charge in [-0.25, -0.2) is 0 Å². The van der Waals surface area contributed by atoms with Gasteiger partial charge in [-0.3, -0.25) is 4.79 Å². The number of rotatable bonds is 8. The van der Waals surface area contributed by atoms with Crippen LogP contribution in [0.1, 0.15) is 80.1 Å². The SMILES string of the molecule is CC(C)=CCCC(C)=CC=C1CCC(=CC=C(C)CCC=C(C)C)C1=O. The molecule has 0 saturated heterocycles. The van der Waals surface area contributed by atoms with E-state index in [0.29, 0.717) is 0 Å². The molecule has 1 aliphatic carbocycles. The van der Waals surface area contributed by atoms with Crippen molar-refractivity contribution in [2.45, 2.75) is 80.1 Å². The molecule has 1 nitrogen and oxygen atoms in total. The van der Waals surface area contributed by atoms with Crippen molar-refractivity contribution < 1.29 is 4.79 Å². The van der Waals surface area contributed by atoms with Gasteiger partial charge in [-0.1, -0.05) is 58.7 Å². The van der Waals surface area contributed by atoms with E-state index < -0.39 is 0 Å². The Balaban J connectivity index is 2.63. The fourth-order valence-electron chi connectivity index (χ4n) is 2.85. The molecule has 0 heterocycles. The first-order chi connectivity index (χ1) is 12.3. The Kier molecular flexibility index (Phi) is 9.95. The second-order valence-corrected chi connectivity index (χ2v) is 7.88. The van der Waals surface area contributed by atoms with Gasteiger partial charge in [0.05, 0.1) is 0 Å². The number of hydrogen-bond donors (Lipinski definition) is 0. The van der Waals surface area contributed by atoms with Crippen LogP contribution in [-0.2, 0) is 4.79 Å². The molecule has 0 aromatic heterocycles. The summed E-state index contributed by atoms with van der Waals surface area (Å²) in [5, 5.41) is 0. The van der Waals surface area contributed by atoms with Crippen LogP contribution >= 0.6 is 0 Å². The van der Waals surface area contributed by atoms with E-state index in [2.05, 4.69) is 65.8 Å². The molecule has 0 N–H and O–H groups in total. The third-order valence-corrected chi connectivity index (χ3v) is 4.57. The van der Waals surface area contributed by atoms with Gasteiger partial charge in [0.2, 0.25) is 0 Å². The number of hydrogen-bond acceptors (Lipinski definition) is 1. The molecule has 0 unspecified atom stereocenters. The van der Waals surface area contributed by atoms with E-state index in [1.54, 1.807) is 0 Å².